The summed E-state index contributed by atoms with van der Waals surface area (Å²) < 4.78 is 23.8. The number of ether oxygens (including phenoxy) is 4. The number of aromatic amines is 1. The van der Waals surface area contributed by atoms with Gasteiger partial charge in [-0.25, -0.2) is 9.59 Å². The molecular weight excluding hydrogens is 320 g/mol. The van der Waals surface area contributed by atoms with Gasteiger partial charge in [0.25, 0.3) is 5.56 Å². The number of hydrogen-bond acceptors (Lipinski definition) is 7. The molecule has 1 aromatic rings. The number of carbonyl (C=O) groups excluding carboxylic acids is 1. The van der Waals surface area contributed by atoms with Crippen LogP contribution in [0.1, 0.15) is 27.7 Å². The smallest absolute Gasteiger partial charge is 0.340 e. The molecule has 0 unspecified atom stereocenters. The second-order valence-corrected chi connectivity index (χ2v) is 6.71. The van der Waals surface area contributed by atoms with E-state index in [0.717, 1.165) is 0 Å². The molecule has 0 spiro atoms. The zero-order chi connectivity index (χ0) is 17.9. The number of H-pyrrole nitrogens is 1. The van der Waals surface area contributed by atoms with Crippen molar-refractivity contribution in [2.75, 3.05) is 7.11 Å². The quantitative estimate of drug-likeness (QED) is 0.736. The fourth-order valence-electron chi connectivity index (χ4n) is 3.41. The van der Waals surface area contributed by atoms with Crippen LogP contribution in [-0.4, -0.2) is 46.2 Å². The second-order valence-electron chi connectivity index (χ2n) is 6.71. The number of nitrogens with one attached hydrogen (secondary N) is 1. The van der Waals surface area contributed by atoms with Crippen molar-refractivity contribution in [1.29, 1.82) is 0 Å². The van der Waals surface area contributed by atoms with E-state index in [-0.39, 0.29) is 0 Å². The highest BCUT2D eigenvalue weighted by atomic mass is 16.8. The van der Waals surface area contributed by atoms with E-state index < -0.39 is 46.5 Å². The molecule has 2 aliphatic rings. The number of esters is 1. The predicted octanol–water partition coefficient (Wildman–Crippen LogP) is -0.309. The number of methoxy groups -OCH3 is 1. The molecule has 0 aromatic carbocycles. The molecule has 1 N–H and O–H groups in total. The van der Waals surface area contributed by atoms with Gasteiger partial charge >= 0.3 is 11.7 Å². The number of hydrogen-bond donors (Lipinski definition) is 1. The molecule has 132 valence electrons. The third-order valence-corrected chi connectivity index (χ3v) is 4.48. The van der Waals surface area contributed by atoms with Crippen molar-refractivity contribution in [2.45, 2.75) is 57.0 Å². The van der Waals surface area contributed by atoms with Gasteiger partial charge in [-0.2, -0.15) is 0 Å². The summed E-state index contributed by atoms with van der Waals surface area (Å²) in [6.07, 6.45) is -0.250. The van der Waals surface area contributed by atoms with Crippen molar-refractivity contribution < 1.29 is 23.7 Å². The summed E-state index contributed by atoms with van der Waals surface area (Å²) in [5.41, 5.74) is -4.06. The fraction of sp³-hybridized carbons (Fsp3) is 0.667. The highest BCUT2D eigenvalue weighted by molar-refractivity contribution is 5.80. The molecule has 3 rings (SSSR count). The maximum absolute atomic E-state index is 12.3. The first kappa shape index (κ1) is 16.9. The molecule has 2 fully saturated rings. The zero-order valence-corrected chi connectivity index (χ0v) is 14.1. The summed E-state index contributed by atoms with van der Waals surface area (Å²) in [5, 5.41) is 0. The molecule has 9 heteroatoms. The van der Waals surface area contributed by atoms with Gasteiger partial charge in [-0.05, 0) is 27.7 Å². The minimum Gasteiger partial charge on any atom is -0.467 e. The van der Waals surface area contributed by atoms with Crippen molar-refractivity contribution in [3.8, 4) is 0 Å². The number of aromatic nitrogens is 2. The summed E-state index contributed by atoms with van der Waals surface area (Å²) in [5.74, 6) is -1.61. The lowest BCUT2D eigenvalue weighted by atomic mass is 9.95. The third-order valence-electron chi connectivity index (χ3n) is 4.48. The topological polar surface area (TPSA) is 109 Å². The Labute approximate surface area is 137 Å². The maximum atomic E-state index is 12.3. The van der Waals surface area contributed by atoms with Crippen molar-refractivity contribution in [3.63, 3.8) is 0 Å². The van der Waals surface area contributed by atoms with E-state index in [4.69, 9.17) is 18.9 Å². The minimum absolute atomic E-state index is 0.533. The van der Waals surface area contributed by atoms with Gasteiger partial charge in [0.2, 0.25) is 0 Å². The molecule has 0 amide bonds. The first-order valence-corrected chi connectivity index (χ1v) is 7.50. The normalized spacial score (nSPS) is 37.2. The van der Waals surface area contributed by atoms with Crippen molar-refractivity contribution in [3.05, 3.63) is 33.1 Å². The summed E-state index contributed by atoms with van der Waals surface area (Å²) in [7, 11) is 1.24. The van der Waals surface area contributed by atoms with Gasteiger partial charge in [0.05, 0.1) is 7.11 Å². The SMILES string of the molecule is COC(=O)[C@@]1(C)O[C@@](C)(n2ccc(=O)[nH]c2=O)[C@@H]2OC(C)(C)O[C@@H]21. The molecule has 0 aliphatic carbocycles. The van der Waals surface area contributed by atoms with Gasteiger partial charge in [0.15, 0.2) is 17.1 Å². The Morgan fingerprint density at radius 3 is 2.42 bits per heavy atom. The van der Waals surface area contributed by atoms with Crippen LogP contribution in [0.5, 0.6) is 0 Å². The lowest BCUT2D eigenvalue weighted by Gasteiger charge is -2.34. The largest absolute Gasteiger partial charge is 0.467 e. The van der Waals surface area contributed by atoms with E-state index in [0.29, 0.717) is 0 Å². The number of rotatable bonds is 2. The average molecular weight is 340 g/mol. The van der Waals surface area contributed by atoms with Crippen molar-refractivity contribution >= 4 is 5.97 Å². The third kappa shape index (κ3) is 2.23. The maximum Gasteiger partial charge on any atom is 0.340 e. The first-order valence-electron chi connectivity index (χ1n) is 7.50. The average Bonchev–Trinajstić information content (AvgIpc) is 2.91. The molecule has 4 atom stereocenters. The summed E-state index contributed by atoms with van der Waals surface area (Å²) in [4.78, 5) is 38.1. The molecule has 0 bridgehead atoms. The molecule has 24 heavy (non-hydrogen) atoms. The van der Waals surface area contributed by atoms with Crippen molar-refractivity contribution in [1.82, 2.24) is 9.55 Å². The molecular formula is C15H20N2O7. The second kappa shape index (κ2) is 5.01. The zero-order valence-electron chi connectivity index (χ0n) is 14.1. The van der Waals surface area contributed by atoms with Crippen LogP contribution in [0.4, 0.5) is 0 Å². The number of fused-ring (bicyclic) bond motifs is 1. The van der Waals surface area contributed by atoms with Gasteiger partial charge in [-0.15, -0.1) is 0 Å². The predicted molar refractivity (Wildman–Crippen MR) is 80.3 cm³/mol. The number of carbonyl (C=O) groups is 1. The Morgan fingerprint density at radius 1 is 1.21 bits per heavy atom. The fourth-order valence-corrected chi connectivity index (χ4v) is 3.41. The van der Waals surface area contributed by atoms with Crippen LogP contribution in [0.25, 0.3) is 0 Å². The van der Waals surface area contributed by atoms with Gasteiger partial charge in [0.1, 0.15) is 12.2 Å². The molecule has 0 radical (unpaired) electrons. The van der Waals surface area contributed by atoms with E-state index in [9.17, 15) is 14.4 Å². The van der Waals surface area contributed by atoms with Crippen molar-refractivity contribution in [2.24, 2.45) is 0 Å². The van der Waals surface area contributed by atoms with Crippen LogP contribution in [0.3, 0.4) is 0 Å². The van der Waals surface area contributed by atoms with E-state index in [1.807, 2.05) is 0 Å². The molecule has 2 aliphatic heterocycles. The Balaban J connectivity index is 2.16. The lowest BCUT2D eigenvalue weighted by Crippen LogP contribution is -2.50. The van der Waals surface area contributed by atoms with E-state index in [2.05, 4.69) is 4.98 Å². The molecule has 9 nitrogen and oxygen atoms in total. The van der Waals surface area contributed by atoms with Crippen LogP contribution < -0.4 is 11.2 Å². The van der Waals surface area contributed by atoms with Gasteiger partial charge in [-0.3, -0.25) is 14.3 Å². The van der Waals surface area contributed by atoms with Crippen LogP contribution in [-0.2, 0) is 29.5 Å². The van der Waals surface area contributed by atoms with Gasteiger partial charge < -0.3 is 18.9 Å². The highest BCUT2D eigenvalue weighted by Crippen LogP contribution is 2.50. The number of nitrogens with zero attached hydrogens (tertiary/aromatic N) is 1. The van der Waals surface area contributed by atoms with Crippen LogP contribution >= 0.6 is 0 Å². The molecule has 0 saturated carbocycles. The Kier molecular flexibility index (Phi) is 3.52. The summed E-state index contributed by atoms with van der Waals surface area (Å²) >= 11 is 0. The molecule has 1 aromatic heterocycles. The van der Waals surface area contributed by atoms with Gasteiger partial charge in [-0.1, -0.05) is 0 Å². The van der Waals surface area contributed by atoms with E-state index in [1.54, 1.807) is 20.8 Å². The molecule has 3 heterocycles. The Hall–Kier alpha value is -1.97. The summed E-state index contributed by atoms with van der Waals surface area (Å²) in [6.45, 7) is 6.55. The minimum atomic E-state index is -1.47. The highest BCUT2D eigenvalue weighted by Gasteiger charge is 2.70. The Morgan fingerprint density at radius 2 is 1.83 bits per heavy atom. The Bertz CT molecular complexity index is 798. The monoisotopic (exact) mass is 340 g/mol. The summed E-state index contributed by atoms with van der Waals surface area (Å²) in [6, 6.07) is 1.19. The van der Waals surface area contributed by atoms with Crippen LogP contribution in [0.2, 0.25) is 0 Å². The first-order chi connectivity index (χ1) is 11.0. The van der Waals surface area contributed by atoms with Gasteiger partial charge in [0, 0.05) is 12.3 Å². The van der Waals surface area contributed by atoms with E-state index in [1.165, 1.54) is 30.9 Å². The standard InChI is InChI=1S/C15H20N2O7/c1-13(2)22-9-10(23-13)15(4,24-14(9,3)11(19)21-5)17-7-6-8(18)16-12(17)20/h6-7,9-10H,1-5H3,(H,16,18,20)/t9-,10+,14-,15+/m0/s1. The van der Waals surface area contributed by atoms with Crippen LogP contribution in [0.15, 0.2) is 21.9 Å². The van der Waals surface area contributed by atoms with E-state index >= 15 is 0 Å². The molecule has 2 saturated heterocycles. The van der Waals surface area contributed by atoms with Crippen LogP contribution in [0, 0.1) is 0 Å². The lowest BCUT2D eigenvalue weighted by molar-refractivity contribution is -0.250.